The molecule has 100 valence electrons. The molecule has 0 heterocycles. The highest BCUT2D eigenvalue weighted by atomic mass is 32.2. The molecule has 1 unspecified atom stereocenters. The Morgan fingerprint density at radius 1 is 1.11 bits per heavy atom. The molecule has 0 bridgehead atoms. The third-order valence-electron chi connectivity index (χ3n) is 2.96. The van der Waals surface area contributed by atoms with Gasteiger partial charge < -0.3 is 5.73 Å². The molecule has 5 heteroatoms. The van der Waals surface area contributed by atoms with Gasteiger partial charge in [-0.1, -0.05) is 30.3 Å². The third-order valence-corrected chi connectivity index (χ3v) is 5.05. The Bertz CT molecular complexity index is 664. The molecule has 19 heavy (non-hydrogen) atoms. The lowest BCUT2D eigenvalue weighted by molar-refractivity contribution is 0.582. The molecule has 1 atom stereocenters. The quantitative estimate of drug-likeness (QED) is 0.879. The fourth-order valence-electron chi connectivity index (χ4n) is 1.86. The Balaban J connectivity index is 2.48. The lowest BCUT2D eigenvalue weighted by Gasteiger charge is -2.14. The minimum atomic E-state index is -3.66. The van der Waals surface area contributed by atoms with Crippen molar-refractivity contribution >= 4 is 15.5 Å². The summed E-state index contributed by atoms with van der Waals surface area (Å²) in [5.41, 5.74) is 6.24. The maximum atomic E-state index is 13.3. The van der Waals surface area contributed by atoms with Crippen molar-refractivity contribution in [2.24, 2.45) is 0 Å². The van der Waals surface area contributed by atoms with E-state index in [0.717, 1.165) is 12.1 Å². The summed E-state index contributed by atoms with van der Waals surface area (Å²) in [5.74, 6) is -0.654. The van der Waals surface area contributed by atoms with Gasteiger partial charge in [-0.05, 0) is 30.7 Å². The summed E-state index contributed by atoms with van der Waals surface area (Å²) in [7, 11) is -3.66. The van der Waals surface area contributed by atoms with Crippen LogP contribution in [0.25, 0.3) is 0 Å². The predicted molar refractivity (Wildman–Crippen MR) is 72.9 cm³/mol. The molecule has 3 nitrogen and oxygen atoms in total. The van der Waals surface area contributed by atoms with Crippen molar-refractivity contribution in [3.63, 3.8) is 0 Å². The Hall–Kier alpha value is -1.88. The Labute approximate surface area is 111 Å². The van der Waals surface area contributed by atoms with E-state index in [0.29, 0.717) is 5.56 Å². The van der Waals surface area contributed by atoms with Gasteiger partial charge in [-0.3, -0.25) is 0 Å². The third kappa shape index (κ3) is 2.76. The van der Waals surface area contributed by atoms with E-state index in [1.54, 1.807) is 31.2 Å². The van der Waals surface area contributed by atoms with Gasteiger partial charge in [-0.25, -0.2) is 12.8 Å². The van der Waals surface area contributed by atoms with Crippen molar-refractivity contribution in [2.45, 2.75) is 17.1 Å². The van der Waals surface area contributed by atoms with Crippen LogP contribution in [0.4, 0.5) is 10.1 Å². The topological polar surface area (TPSA) is 60.2 Å². The van der Waals surface area contributed by atoms with Crippen LogP contribution in [-0.2, 0) is 9.84 Å². The highest BCUT2D eigenvalue weighted by molar-refractivity contribution is 7.91. The summed E-state index contributed by atoms with van der Waals surface area (Å²) < 4.78 is 38.1. The van der Waals surface area contributed by atoms with E-state index >= 15 is 0 Å². The highest BCUT2D eigenvalue weighted by Crippen LogP contribution is 2.29. The molecule has 0 aromatic heterocycles. The second-order valence-electron chi connectivity index (χ2n) is 4.32. The number of rotatable bonds is 3. The molecule has 2 rings (SSSR count). The highest BCUT2D eigenvalue weighted by Gasteiger charge is 2.25. The van der Waals surface area contributed by atoms with E-state index in [1.807, 2.05) is 6.07 Å². The molecule has 2 aromatic rings. The normalized spacial score (nSPS) is 13.2. The number of nitrogens with two attached hydrogens (primary N) is 1. The Morgan fingerprint density at radius 2 is 1.74 bits per heavy atom. The SMILES string of the molecule is CC(c1ccccc1)S(=O)(=O)c1cc(N)cc(F)c1. The first-order valence-electron chi connectivity index (χ1n) is 5.76. The first-order chi connectivity index (χ1) is 8.91. The van der Waals surface area contributed by atoms with Crippen LogP contribution >= 0.6 is 0 Å². The summed E-state index contributed by atoms with van der Waals surface area (Å²) in [5, 5.41) is -0.755. The van der Waals surface area contributed by atoms with Gasteiger partial charge in [-0.2, -0.15) is 0 Å². The number of halogens is 1. The molecule has 0 radical (unpaired) electrons. The Kier molecular flexibility index (Phi) is 3.57. The molecule has 0 saturated heterocycles. The molecule has 0 amide bonds. The number of hydrogen-bond acceptors (Lipinski definition) is 3. The van der Waals surface area contributed by atoms with Gasteiger partial charge >= 0.3 is 0 Å². The number of hydrogen-bond donors (Lipinski definition) is 1. The van der Waals surface area contributed by atoms with Gasteiger partial charge in [0.2, 0.25) is 0 Å². The van der Waals surface area contributed by atoms with E-state index in [4.69, 9.17) is 5.73 Å². The smallest absolute Gasteiger partial charge is 0.185 e. The van der Waals surface area contributed by atoms with Crippen LogP contribution in [0.1, 0.15) is 17.7 Å². The number of sulfone groups is 1. The standard InChI is InChI=1S/C14H14FNO2S/c1-10(11-5-3-2-4-6-11)19(17,18)14-8-12(15)7-13(16)9-14/h2-10H,16H2,1H3. The van der Waals surface area contributed by atoms with E-state index in [1.165, 1.54) is 6.07 Å². The zero-order chi connectivity index (χ0) is 14.0. The van der Waals surface area contributed by atoms with Crippen LogP contribution in [0.2, 0.25) is 0 Å². The summed E-state index contributed by atoms with van der Waals surface area (Å²) in [6, 6.07) is 12.1. The van der Waals surface area contributed by atoms with Crippen molar-refractivity contribution in [3.8, 4) is 0 Å². The molecule has 2 aromatic carbocycles. The van der Waals surface area contributed by atoms with Gasteiger partial charge in [0.25, 0.3) is 0 Å². The number of anilines is 1. The maximum Gasteiger partial charge on any atom is 0.185 e. The Morgan fingerprint density at radius 3 is 2.32 bits per heavy atom. The van der Waals surface area contributed by atoms with Crippen molar-refractivity contribution in [2.75, 3.05) is 5.73 Å². The zero-order valence-electron chi connectivity index (χ0n) is 10.4. The first kappa shape index (κ1) is 13.5. The minimum Gasteiger partial charge on any atom is -0.399 e. The second kappa shape index (κ2) is 5.01. The van der Waals surface area contributed by atoms with Crippen molar-refractivity contribution in [1.29, 1.82) is 0 Å². The van der Waals surface area contributed by atoms with Crippen LogP contribution < -0.4 is 5.73 Å². The molecule has 0 aliphatic heterocycles. The lowest BCUT2D eigenvalue weighted by Crippen LogP contribution is -2.11. The molecule has 0 aliphatic rings. The van der Waals surface area contributed by atoms with E-state index in [2.05, 4.69) is 0 Å². The monoisotopic (exact) mass is 279 g/mol. The van der Waals surface area contributed by atoms with Crippen molar-refractivity contribution in [1.82, 2.24) is 0 Å². The molecule has 0 aliphatic carbocycles. The zero-order valence-corrected chi connectivity index (χ0v) is 11.2. The van der Waals surface area contributed by atoms with Gasteiger partial charge in [0.15, 0.2) is 9.84 Å². The fourth-order valence-corrected chi connectivity index (χ4v) is 3.36. The van der Waals surface area contributed by atoms with E-state index in [-0.39, 0.29) is 10.6 Å². The van der Waals surface area contributed by atoms with Crippen molar-refractivity contribution in [3.05, 3.63) is 59.9 Å². The minimum absolute atomic E-state index is 0.0960. The van der Waals surface area contributed by atoms with Crippen LogP contribution in [-0.4, -0.2) is 8.42 Å². The molecule has 0 spiro atoms. The fraction of sp³-hybridized carbons (Fsp3) is 0.143. The van der Waals surface area contributed by atoms with Gasteiger partial charge in [0.05, 0.1) is 10.1 Å². The van der Waals surface area contributed by atoms with Gasteiger partial charge in [-0.15, -0.1) is 0 Å². The summed E-state index contributed by atoms with van der Waals surface area (Å²) in [6.07, 6.45) is 0. The average Bonchev–Trinajstić information content (AvgIpc) is 2.37. The lowest BCUT2D eigenvalue weighted by atomic mass is 10.2. The van der Waals surface area contributed by atoms with Gasteiger partial charge in [0.1, 0.15) is 5.82 Å². The predicted octanol–water partition coefficient (Wildman–Crippen LogP) is 2.94. The summed E-state index contributed by atoms with van der Waals surface area (Å²) >= 11 is 0. The van der Waals surface area contributed by atoms with Gasteiger partial charge in [0, 0.05) is 5.69 Å². The van der Waals surface area contributed by atoms with Crippen molar-refractivity contribution < 1.29 is 12.8 Å². The maximum absolute atomic E-state index is 13.3. The first-order valence-corrected chi connectivity index (χ1v) is 7.31. The van der Waals surface area contributed by atoms with Crippen LogP contribution in [0.3, 0.4) is 0 Å². The molecule has 2 N–H and O–H groups in total. The summed E-state index contributed by atoms with van der Waals surface area (Å²) in [6.45, 7) is 1.58. The largest absolute Gasteiger partial charge is 0.399 e. The second-order valence-corrected chi connectivity index (χ2v) is 6.59. The molecular weight excluding hydrogens is 265 g/mol. The van der Waals surface area contributed by atoms with Crippen LogP contribution in [0.5, 0.6) is 0 Å². The number of nitrogen functional groups attached to an aromatic ring is 1. The average molecular weight is 279 g/mol. The number of benzene rings is 2. The van der Waals surface area contributed by atoms with Crippen LogP contribution in [0.15, 0.2) is 53.4 Å². The van der Waals surface area contributed by atoms with E-state index < -0.39 is 20.9 Å². The van der Waals surface area contributed by atoms with Crippen LogP contribution in [0, 0.1) is 5.82 Å². The molecule has 0 fully saturated rings. The molecular formula is C14H14FNO2S. The summed E-state index contributed by atoms with van der Waals surface area (Å²) in [4.78, 5) is -0.0960. The molecule has 0 saturated carbocycles. The van der Waals surface area contributed by atoms with E-state index in [9.17, 15) is 12.8 Å².